The second kappa shape index (κ2) is 6.61. The van der Waals surface area contributed by atoms with Gasteiger partial charge in [0.15, 0.2) is 9.84 Å². The van der Waals surface area contributed by atoms with Crippen LogP contribution in [-0.2, 0) is 14.6 Å². The van der Waals surface area contributed by atoms with Crippen LogP contribution in [0.3, 0.4) is 0 Å². The molecule has 1 aromatic rings. The van der Waals surface area contributed by atoms with E-state index in [1.807, 2.05) is 36.1 Å². The van der Waals surface area contributed by atoms with Crippen LogP contribution in [0, 0.1) is 6.92 Å². The standard InChI is InChI=1S/C17H24N2O3S/c1-14-5-7-15(8-6-14)19-10-2-4-16(17(19)20)18-9-3-12-23(21,22)13-11-18/h5-8,16H,2-4,9-13H2,1H3/t16-/m1/s1. The van der Waals surface area contributed by atoms with E-state index in [0.717, 1.165) is 25.1 Å². The molecule has 1 aromatic carbocycles. The van der Waals surface area contributed by atoms with Crippen molar-refractivity contribution >= 4 is 21.4 Å². The summed E-state index contributed by atoms with van der Waals surface area (Å²) in [5.74, 6) is 0.521. The number of nitrogens with zero attached hydrogens (tertiary/aromatic N) is 2. The van der Waals surface area contributed by atoms with Crippen LogP contribution in [0.4, 0.5) is 5.69 Å². The molecule has 2 aliphatic rings. The highest BCUT2D eigenvalue weighted by molar-refractivity contribution is 7.91. The first-order chi connectivity index (χ1) is 11.0. The fourth-order valence-corrected chi connectivity index (χ4v) is 4.73. The average molecular weight is 336 g/mol. The Morgan fingerprint density at radius 2 is 1.74 bits per heavy atom. The van der Waals surface area contributed by atoms with Crippen molar-refractivity contribution in [1.29, 1.82) is 0 Å². The molecular formula is C17H24N2O3S. The number of benzene rings is 1. The van der Waals surface area contributed by atoms with Crippen molar-refractivity contribution in [3.05, 3.63) is 29.8 Å². The molecule has 5 nitrogen and oxygen atoms in total. The molecular weight excluding hydrogens is 312 g/mol. The molecule has 3 rings (SSSR count). The van der Waals surface area contributed by atoms with E-state index >= 15 is 0 Å². The van der Waals surface area contributed by atoms with Crippen molar-refractivity contribution in [2.24, 2.45) is 0 Å². The number of aryl methyl sites for hydroxylation is 1. The van der Waals surface area contributed by atoms with Crippen molar-refractivity contribution in [2.45, 2.75) is 32.2 Å². The Morgan fingerprint density at radius 1 is 1.00 bits per heavy atom. The van der Waals surface area contributed by atoms with Gasteiger partial charge < -0.3 is 4.90 Å². The van der Waals surface area contributed by atoms with E-state index in [-0.39, 0.29) is 23.5 Å². The van der Waals surface area contributed by atoms with Crippen LogP contribution in [-0.4, -0.2) is 56.4 Å². The van der Waals surface area contributed by atoms with Gasteiger partial charge in [0.25, 0.3) is 0 Å². The predicted molar refractivity (Wildman–Crippen MR) is 91.4 cm³/mol. The SMILES string of the molecule is Cc1ccc(N2CCC[C@@H](N3CCCS(=O)(=O)CC3)C2=O)cc1. The first kappa shape index (κ1) is 16.5. The molecule has 0 spiro atoms. The van der Waals surface area contributed by atoms with E-state index in [1.165, 1.54) is 5.56 Å². The van der Waals surface area contributed by atoms with Crippen LogP contribution >= 0.6 is 0 Å². The Labute approximate surface area is 138 Å². The Hall–Kier alpha value is -1.40. The number of sulfone groups is 1. The molecule has 6 heteroatoms. The number of hydrogen-bond acceptors (Lipinski definition) is 4. The summed E-state index contributed by atoms with van der Waals surface area (Å²) < 4.78 is 23.6. The lowest BCUT2D eigenvalue weighted by Gasteiger charge is -2.38. The first-order valence-corrected chi connectivity index (χ1v) is 10.1. The van der Waals surface area contributed by atoms with E-state index < -0.39 is 9.84 Å². The number of amides is 1. The highest BCUT2D eigenvalue weighted by Crippen LogP contribution is 2.25. The van der Waals surface area contributed by atoms with Crippen molar-refractivity contribution < 1.29 is 13.2 Å². The molecule has 2 saturated heterocycles. The van der Waals surface area contributed by atoms with Crippen LogP contribution in [0.5, 0.6) is 0 Å². The molecule has 126 valence electrons. The Morgan fingerprint density at radius 3 is 2.48 bits per heavy atom. The summed E-state index contributed by atoms with van der Waals surface area (Å²) >= 11 is 0. The summed E-state index contributed by atoms with van der Waals surface area (Å²) in [5, 5.41) is 0. The first-order valence-electron chi connectivity index (χ1n) is 8.29. The molecule has 0 unspecified atom stereocenters. The smallest absolute Gasteiger partial charge is 0.244 e. The zero-order valence-electron chi connectivity index (χ0n) is 13.6. The van der Waals surface area contributed by atoms with Gasteiger partial charge in [-0.05, 0) is 44.9 Å². The second-order valence-corrected chi connectivity index (χ2v) is 8.83. The summed E-state index contributed by atoms with van der Waals surface area (Å²) in [4.78, 5) is 16.8. The van der Waals surface area contributed by atoms with E-state index in [2.05, 4.69) is 4.90 Å². The number of hydrogen-bond donors (Lipinski definition) is 0. The quantitative estimate of drug-likeness (QED) is 0.823. The number of carbonyl (C=O) groups is 1. The molecule has 23 heavy (non-hydrogen) atoms. The maximum Gasteiger partial charge on any atom is 0.244 e. The lowest BCUT2D eigenvalue weighted by atomic mass is 10.0. The van der Waals surface area contributed by atoms with Gasteiger partial charge in [0, 0.05) is 18.8 Å². The van der Waals surface area contributed by atoms with Crippen LogP contribution in [0.15, 0.2) is 24.3 Å². The Balaban J connectivity index is 1.75. The molecule has 2 heterocycles. The molecule has 0 N–H and O–H groups in total. The van der Waals surface area contributed by atoms with Crippen LogP contribution < -0.4 is 4.90 Å². The average Bonchev–Trinajstić information content (AvgIpc) is 2.69. The van der Waals surface area contributed by atoms with Gasteiger partial charge in [-0.15, -0.1) is 0 Å². The summed E-state index contributed by atoms with van der Waals surface area (Å²) in [5.41, 5.74) is 2.11. The normalized spacial score (nSPS) is 26.0. The molecule has 0 aromatic heterocycles. The largest absolute Gasteiger partial charge is 0.311 e. The number of carbonyl (C=O) groups excluding carboxylic acids is 1. The molecule has 0 saturated carbocycles. The van der Waals surface area contributed by atoms with Crippen molar-refractivity contribution in [3.63, 3.8) is 0 Å². The lowest BCUT2D eigenvalue weighted by molar-refractivity contribution is -0.125. The number of rotatable bonds is 2. The zero-order chi connectivity index (χ0) is 16.4. The van der Waals surface area contributed by atoms with Crippen LogP contribution in [0.2, 0.25) is 0 Å². The van der Waals surface area contributed by atoms with Gasteiger partial charge in [0.1, 0.15) is 0 Å². The zero-order valence-corrected chi connectivity index (χ0v) is 14.4. The third-order valence-corrected chi connectivity index (χ3v) is 6.50. The fourth-order valence-electron chi connectivity index (χ4n) is 3.45. The predicted octanol–water partition coefficient (Wildman–Crippen LogP) is 1.61. The molecule has 0 bridgehead atoms. The van der Waals surface area contributed by atoms with Crippen LogP contribution in [0.1, 0.15) is 24.8 Å². The summed E-state index contributed by atoms with van der Waals surface area (Å²) in [7, 11) is -2.95. The summed E-state index contributed by atoms with van der Waals surface area (Å²) in [6.07, 6.45) is 2.39. The lowest BCUT2D eigenvalue weighted by Crippen LogP contribution is -2.53. The maximum absolute atomic E-state index is 12.9. The molecule has 2 aliphatic heterocycles. The fraction of sp³-hybridized carbons (Fsp3) is 0.588. The second-order valence-electron chi connectivity index (χ2n) is 6.52. The van der Waals surface area contributed by atoms with E-state index in [1.54, 1.807) is 0 Å². The van der Waals surface area contributed by atoms with Gasteiger partial charge in [-0.2, -0.15) is 0 Å². The Bertz CT molecular complexity index is 670. The third kappa shape index (κ3) is 3.75. The van der Waals surface area contributed by atoms with Crippen molar-refractivity contribution in [1.82, 2.24) is 4.90 Å². The van der Waals surface area contributed by atoms with Crippen molar-refractivity contribution in [3.8, 4) is 0 Å². The minimum atomic E-state index is -2.95. The summed E-state index contributed by atoms with van der Waals surface area (Å²) in [6.45, 7) is 3.94. The topological polar surface area (TPSA) is 57.7 Å². The Kier molecular flexibility index (Phi) is 4.73. The molecule has 0 radical (unpaired) electrons. The van der Waals surface area contributed by atoms with Gasteiger partial charge in [-0.1, -0.05) is 17.7 Å². The van der Waals surface area contributed by atoms with Gasteiger partial charge >= 0.3 is 0 Å². The van der Waals surface area contributed by atoms with Gasteiger partial charge in [-0.25, -0.2) is 8.42 Å². The number of anilines is 1. The molecule has 1 atom stereocenters. The minimum Gasteiger partial charge on any atom is -0.311 e. The van der Waals surface area contributed by atoms with Crippen molar-refractivity contribution in [2.75, 3.05) is 36.0 Å². The maximum atomic E-state index is 12.9. The van der Waals surface area contributed by atoms with Gasteiger partial charge in [0.05, 0.1) is 17.5 Å². The highest BCUT2D eigenvalue weighted by Gasteiger charge is 2.35. The van der Waals surface area contributed by atoms with E-state index in [4.69, 9.17) is 0 Å². The van der Waals surface area contributed by atoms with Gasteiger partial charge in [0.2, 0.25) is 5.91 Å². The third-order valence-electron chi connectivity index (χ3n) is 4.79. The van der Waals surface area contributed by atoms with E-state index in [0.29, 0.717) is 19.5 Å². The molecule has 1 amide bonds. The summed E-state index contributed by atoms with van der Waals surface area (Å²) in [6, 6.07) is 7.83. The highest BCUT2D eigenvalue weighted by atomic mass is 32.2. The minimum absolute atomic E-state index is 0.111. The number of piperidine rings is 1. The molecule has 2 fully saturated rings. The van der Waals surface area contributed by atoms with Gasteiger partial charge in [-0.3, -0.25) is 9.69 Å². The van der Waals surface area contributed by atoms with Crippen LogP contribution in [0.25, 0.3) is 0 Å². The monoisotopic (exact) mass is 336 g/mol. The molecule has 0 aliphatic carbocycles. The van der Waals surface area contributed by atoms with E-state index in [9.17, 15) is 13.2 Å².